The molecule has 0 aliphatic rings. The summed E-state index contributed by atoms with van der Waals surface area (Å²) in [6.07, 6.45) is 6.36. The third-order valence-corrected chi connectivity index (χ3v) is 6.50. The predicted molar refractivity (Wildman–Crippen MR) is 140 cm³/mol. The van der Waals surface area contributed by atoms with E-state index in [2.05, 4.69) is 31.2 Å². The Balaban J connectivity index is 1.55. The first-order valence-electron chi connectivity index (χ1n) is 12.5. The smallest absolute Gasteiger partial charge is 0.167 e. The molecule has 0 bridgehead atoms. The lowest BCUT2D eigenvalue weighted by atomic mass is 9.95. The van der Waals surface area contributed by atoms with Crippen molar-refractivity contribution in [3.63, 3.8) is 0 Å². The molecule has 0 saturated heterocycles. The van der Waals surface area contributed by atoms with Crippen LogP contribution in [0.2, 0.25) is 0 Å². The van der Waals surface area contributed by atoms with Crippen molar-refractivity contribution in [2.75, 3.05) is 0 Å². The molecule has 4 aromatic carbocycles. The normalized spacial score (nSPS) is 11.1. The van der Waals surface area contributed by atoms with Crippen LogP contribution in [-0.4, -0.2) is 0 Å². The van der Waals surface area contributed by atoms with E-state index in [1.165, 1.54) is 49.1 Å². The molecule has 35 heavy (non-hydrogen) atoms. The largest absolute Gasteiger partial charge is 0.206 e. The van der Waals surface area contributed by atoms with Crippen LogP contribution in [0.15, 0.2) is 78.9 Å². The fourth-order valence-corrected chi connectivity index (χ4v) is 4.49. The van der Waals surface area contributed by atoms with Gasteiger partial charge < -0.3 is 0 Å². The molecule has 0 saturated carbocycles. The average molecular weight is 473 g/mol. The summed E-state index contributed by atoms with van der Waals surface area (Å²) in [5.41, 5.74) is 5.01. The molecule has 0 aliphatic carbocycles. The Morgan fingerprint density at radius 1 is 0.486 bits per heavy atom. The molecule has 0 radical (unpaired) electrons. The summed E-state index contributed by atoms with van der Waals surface area (Å²) in [5, 5.41) is 0. The van der Waals surface area contributed by atoms with Gasteiger partial charge in [-0.05, 0) is 53.1 Å². The van der Waals surface area contributed by atoms with Crippen LogP contribution in [0.5, 0.6) is 0 Å². The number of hydrogen-bond donors (Lipinski definition) is 0. The predicted octanol–water partition coefficient (Wildman–Crippen LogP) is 9.79. The lowest BCUT2D eigenvalue weighted by Crippen LogP contribution is -1.96. The minimum atomic E-state index is -1.03. The van der Waals surface area contributed by atoms with Crippen LogP contribution >= 0.6 is 0 Å². The minimum Gasteiger partial charge on any atom is -0.206 e. The summed E-state index contributed by atoms with van der Waals surface area (Å²) in [6, 6.07) is 23.6. The van der Waals surface area contributed by atoms with Crippen LogP contribution in [-0.2, 0) is 12.8 Å². The van der Waals surface area contributed by atoms with E-state index in [9.17, 15) is 4.39 Å². The monoisotopic (exact) mass is 472 g/mol. The first kappa shape index (κ1) is 24.8. The molecule has 0 heterocycles. The molecule has 0 aliphatic heterocycles. The first-order valence-corrected chi connectivity index (χ1v) is 12.5. The van der Waals surface area contributed by atoms with Gasteiger partial charge in [0.1, 0.15) is 5.82 Å². The summed E-state index contributed by atoms with van der Waals surface area (Å²) >= 11 is 0. The average Bonchev–Trinajstić information content (AvgIpc) is 2.87. The lowest BCUT2D eigenvalue weighted by molar-refractivity contribution is 0.513. The number of hydrogen-bond acceptors (Lipinski definition) is 0. The van der Waals surface area contributed by atoms with Crippen molar-refractivity contribution in [2.24, 2.45) is 0 Å². The molecule has 4 rings (SSSR count). The maximum absolute atomic E-state index is 15.1. The van der Waals surface area contributed by atoms with Gasteiger partial charge in [-0.2, -0.15) is 0 Å². The van der Waals surface area contributed by atoms with E-state index in [4.69, 9.17) is 0 Å². The maximum atomic E-state index is 15.1. The van der Waals surface area contributed by atoms with Crippen molar-refractivity contribution >= 4 is 0 Å². The van der Waals surface area contributed by atoms with Gasteiger partial charge >= 0.3 is 0 Å². The lowest BCUT2D eigenvalue weighted by Gasteiger charge is -2.11. The second kappa shape index (κ2) is 11.4. The third kappa shape index (κ3) is 5.67. The summed E-state index contributed by atoms with van der Waals surface area (Å²) in [5.74, 6) is -2.54. The van der Waals surface area contributed by atoms with Gasteiger partial charge in [0.05, 0.1) is 0 Å². The molecule has 0 unspecified atom stereocenters. The Hall–Kier alpha value is -3.33. The van der Waals surface area contributed by atoms with Gasteiger partial charge in [-0.1, -0.05) is 106 Å². The Kier molecular flexibility index (Phi) is 8.07. The zero-order chi connectivity index (χ0) is 24.8. The zero-order valence-electron chi connectivity index (χ0n) is 20.4. The number of halogens is 3. The molecular formula is C32H31F3. The Morgan fingerprint density at radius 3 is 1.66 bits per heavy atom. The van der Waals surface area contributed by atoms with E-state index < -0.39 is 17.5 Å². The van der Waals surface area contributed by atoms with Crippen molar-refractivity contribution in [3.05, 3.63) is 107 Å². The van der Waals surface area contributed by atoms with Gasteiger partial charge in [0.25, 0.3) is 0 Å². The molecule has 0 atom stereocenters. The van der Waals surface area contributed by atoms with Crippen molar-refractivity contribution in [1.29, 1.82) is 0 Å². The minimum absolute atomic E-state index is 0.0672. The molecule has 180 valence electrons. The SMILES string of the molecule is CCCCCc1ccc(-c2ccc(-c3ccc(-c4ccc(CCC)cc4F)c(F)c3F)cc2)cc1. The molecule has 0 spiro atoms. The van der Waals surface area contributed by atoms with Crippen molar-refractivity contribution in [3.8, 4) is 33.4 Å². The van der Waals surface area contributed by atoms with E-state index in [1.54, 1.807) is 18.2 Å². The van der Waals surface area contributed by atoms with E-state index in [1.807, 2.05) is 19.1 Å². The van der Waals surface area contributed by atoms with Crippen LogP contribution < -0.4 is 0 Å². The molecule has 0 nitrogen and oxygen atoms in total. The van der Waals surface area contributed by atoms with Gasteiger partial charge in [-0.3, -0.25) is 0 Å². The molecular weight excluding hydrogens is 441 g/mol. The van der Waals surface area contributed by atoms with Gasteiger partial charge in [0, 0.05) is 16.7 Å². The van der Waals surface area contributed by atoms with Gasteiger partial charge in [0.15, 0.2) is 11.6 Å². The highest BCUT2D eigenvalue weighted by Crippen LogP contribution is 2.34. The number of rotatable bonds is 9. The van der Waals surface area contributed by atoms with Crippen LogP contribution in [0.25, 0.3) is 33.4 Å². The van der Waals surface area contributed by atoms with Gasteiger partial charge in [-0.15, -0.1) is 0 Å². The molecule has 4 aromatic rings. The molecule has 0 fully saturated rings. The summed E-state index contributed by atoms with van der Waals surface area (Å²) in [6.45, 7) is 4.21. The summed E-state index contributed by atoms with van der Waals surface area (Å²) in [4.78, 5) is 0. The molecule has 0 N–H and O–H groups in total. The van der Waals surface area contributed by atoms with Crippen LogP contribution in [0.1, 0.15) is 50.7 Å². The molecule has 3 heteroatoms. The summed E-state index contributed by atoms with van der Waals surface area (Å²) in [7, 11) is 0. The highest BCUT2D eigenvalue weighted by molar-refractivity contribution is 5.74. The van der Waals surface area contributed by atoms with E-state index >= 15 is 8.78 Å². The highest BCUT2D eigenvalue weighted by Gasteiger charge is 2.18. The fourth-order valence-electron chi connectivity index (χ4n) is 4.49. The number of aryl methyl sites for hydroxylation is 2. The third-order valence-electron chi connectivity index (χ3n) is 6.50. The quantitative estimate of drug-likeness (QED) is 0.213. The van der Waals surface area contributed by atoms with Crippen LogP contribution in [0, 0.1) is 17.5 Å². The second-order valence-corrected chi connectivity index (χ2v) is 9.08. The standard InChI is InChI=1S/C32H31F3/c1-3-5-6-8-22-9-12-24(13-10-22)25-14-16-26(17-15-25)27-19-20-29(32(35)31(27)34)28-18-11-23(7-4-2)21-30(28)33/h9-21H,3-8H2,1-2H3. The molecule has 0 amide bonds. The summed E-state index contributed by atoms with van der Waals surface area (Å²) < 4.78 is 44.7. The van der Waals surface area contributed by atoms with Crippen molar-refractivity contribution in [2.45, 2.75) is 52.4 Å². The van der Waals surface area contributed by atoms with Gasteiger partial charge in [0.2, 0.25) is 0 Å². The zero-order valence-corrected chi connectivity index (χ0v) is 20.4. The number of unbranched alkanes of at least 4 members (excludes halogenated alkanes) is 2. The van der Waals surface area contributed by atoms with Crippen LogP contribution in [0.4, 0.5) is 13.2 Å². The topological polar surface area (TPSA) is 0 Å². The number of benzene rings is 4. The highest BCUT2D eigenvalue weighted by atomic mass is 19.2. The Morgan fingerprint density at radius 2 is 1.03 bits per heavy atom. The van der Waals surface area contributed by atoms with Gasteiger partial charge in [-0.25, -0.2) is 13.2 Å². The second-order valence-electron chi connectivity index (χ2n) is 9.08. The van der Waals surface area contributed by atoms with Crippen molar-refractivity contribution in [1.82, 2.24) is 0 Å². The fraction of sp³-hybridized carbons (Fsp3) is 0.250. The Bertz CT molecular complexity index is 1270. The first-order chi connectivity index (χ1) is 17.0. The van der Waals surface area contributed by atoms with Crippen LogP contribution in [0.3, 0.4) is 0 Å². The van der Waals surface area contributed by atoms with E-state index in [0.717, 1.165) is 36.0 Å². The van der Waals surface area contributed by atoms with E-state index in [-0.39, 0.29) is 16.7 Å². The van der Waals surface area contributed by atoms with Crippen molar-refractivity contribution < 1.29 is 13.2 Å². The van der Waals surface area contributed by atoms with E-state index in [0.29, 0.717) is 5.56 Å². The Labute approximate surface area is 206 Å². The molecule has 0 aromatic heterocycles. The maximum Gasteiger partial charge on any atom is 0.167 e.